The summed E-state index contributed by atoms with van der Waals surface area (Å²) in [5, 5.41) is 0. The van der Waals surface area contributed by atoms with Gasteiger partial charge in [-0.1, -0.05) is 6.07 Å². The summed E-state index contributed by atoms with van der Waals surface area (Å²) in [4.78, 5) is 22.1. The van der Waals surface area contributed by atoms with Crippen LogP contribution in [0.25, 0.3) is 0 Å². The van der Waals surface area contributed by atoms with Crippen LogP contribution >= 0.6 is 0 Å². The highest BCUT2D eigenvalue weighted by Gasteiger charge is 2.13. The molecule has 0 bridgehead atoms. The third-order valence-electron chi connectivity index (χ3n) is 2.75. The maximum atomic E-state index is 12.2. The molecule has 0 saturated heterocycles. The van der Waals surface area contributed by atoms with E-state index in [1.807, 2.05) is 25.1 Å². The van der Waals surface area contributed by atoms with Crippen molar-refractivity contribution in [2.24, 2.45) is 0 Å². The van der Waals surface area contributed by atoms with Crippen molar-refractivity contribution in [1.29, 1.82) is 0 Å². The molecule has 0 aromatic carbocycles. The number of carbonyl (C=O) groups is 1. The van der Waals surface area contributed by atoms with Gasteiger partial charge in [0.05, 0.1) is 24.4 Å². The first-order valence-electron chi connectivity index (χ1n) is 6.45. The van der Waals surface area contributed by atoms with Crippen LogP contribution in [0.2, 0.25) is 0 Å². The second-order valence-corrected chi connectivity index (χ2v) is 4.30. The number of pyridine rings is 2. The van der Waals surface area contributed by atoms with Gasteiger partial charge in [-0.15, -0.1) is 0 Å². The van der Waals surface area contributed by atoms with Crippen LogP contribution in [0.1, 0.15) is 23.0 Å². The topological polar surface area (TPSA) is 55.3 Å². The van der Waals surface area contributed by atoms with E-state index >= 15 is 0 Å². The molecule has 0 fully saturated rings. The molecule has 0 radical (unpaired) electrons. The fourth-order valence-corrected chi connectivity index (χ4v) is 1.77. The summed E-state index contributed by atoms with van der Waals surface area (Å²) in [5.41, 5.74) is 1.38. The SMILES string of the molecule is CCOc1ccc(C(=O)N(C)Cc2ccccn2)cn1. The minimum atomic E-state index is -0.0915. The lowest BCUT2D eigenvalue weighted by Gasteiger charge is -2.16. The number of hydrogen-bond donors (Lipinski definition) is 0. The Hall–Kier alpha value is -2.43. The average Bonchev–Trinajstić information content (AvgIpc) is 2.48. The van der Waals surface area contributed by atoms with E-state index in [1.165, 1.54) is 6.20 Å². The molecule has 0 unspecified atom stereocenters. The molecule has 2 aromatic rings. The highest BCUT2D eigenvalue weighted by atomic mass is 16.5. The van der Waals surface area contributed by atoms with Gasteiger partial charge < -0.3 is 9.64 Å². The van der Waals surface area contributed by atoms with E-state index in [1.54, 1.807) is 30.3 Å². The number of carbonyl (C=O) groups excluding carboxylic acids is 1. The Bertz CT molecular complexity index is 555. The molecule has 0 N–H and O–H groups in total. The van der Waals surface area contributed by atoms with E-state index in [4.69, 9.17) is 4.74 Å². The van der Waals surface area contributed by atoms with Crippen molar-refractivity contribution in [1.82, 2.24) is 14.9 Å². The standard InChI is InChI=1S/C15H17N3O2/c1-3-20-14-8-7-12(10-17-14)15(19)18(2)11-13-6-4-5-9-16-13/h4-10H,3,11H2,1-2H3. The molecular formula is C15H17N3O2. The maximum absolute atomic E-state index is 12.2. The molecule has 2 aromatic heterocycles. The molecule has 0 spiro atoms. The van der Waals surface area contributed by atoms with E-state index in [0.29, 0.717) is 24.6 Å². The van der Waals surface area contributed by atoms with Gasteiger partial charge >= 0.3 is 0 Å². The fourth-order valence-electron chi connectivity index (χ4n) is 1.77. The molecule has 20 heavy (non-hydrogen) atoms. The molecule has 0 aliphatic heterocycles. The number of amides is 1. The largest absolute Gasteiger partial charge is 0.478 e. The van der Waals surface area contributed by atoms with E-state index in [9.17, 15) is 4.79 Å². The van der Waals surface area contributed by atoms with Gasteiger partial charge in [0.2, 0.25) is 5.88 Å². The van der Waals surface area contributed by atoms with Crippen LogP contribution < -0.4 is 4.74 Å². The molecule has 104 valence electrons. The van der Waals surface area contributed by atoms with Crippen molar-refractivity contribution in [3.05, 3.63) is 54.0 Å². The second kappa shape index (κ2) is 6.65. The van der Waals surface area contributed by atoms with Gasteiger partial charge in [0.25, 0.3) is 5.91 Å². The minimum absolute atomic E-state index is 0.0915. The third kappa shape index (κ3) is 3.54. The van der Waals surface area contributed by atoms with E-state index in [2.05, 4.69) is 9.97 Å². The zero-order valence-corrected chi connectivity index (χ0v) is 11.6. The molecular weight excluding hydrogens is 254 g/mol. The molecule has 5 heteroatoms. The normalized spacial score (nSPS) is 10.1. The van der Waals surface area contributed by atoms with Crippen LogP contribution in [0, 0.1) is 0 Å². The van der Waals surface area contributed by atoms with Crippen LogP contribution in [0.15, 0.2) is 42.7 Å². The lowest BCUT2D eigenvalue weighted by atomic mass is 10.2. The minimum Gasteiger partial charge on any atom is -0.478 e. The highest BCUT2D eigenvalue weighted by Crippen LogP contribution is 2.10. The summed E-state index contributed by atoms with van der Waals surface area (Å²) in [6, 6.07) is 9.06. The average molecular weight is 271 g/mol. The summed E-state index contributed by atoms with van der Waals surface area (Å²) in [5.74, 6) is 0.433. The molecule has 2 heterocycles. The first-order valence-corrected chi connectivity index (χ1v) is 6.45. The smallest absolute Gasteiger partial charge is 0.255 e. The number of hydrogen-bond acceptors (Lipinski definition) is 4. The Labute approximate surface area is 118 Å². The van der Waals surface area contributed by atoms with Crippen LogP contribution in [0.3, 0.4) is 0 Å². The van der Waals surface area contributed by atoms with Crippen molar-refractivity contribution < 1.29 is 9.53 Å². The first kappa shape index (κ1) is 14.0. The lowest BCUT2D eigenvalue weighted by Crippen LogP contribution is -2.26. The summed E-state index contributed by atoms with van der Waals surface area (Å²) in [7, 11) is 1.74. The molecule has 2 rings (SSSR count). The number of ether oxygens (including phenoxy) is 1. The van der Waals surface area contributed by atoms with Gasteiger partial charge in [-0.2, -0.15) is 0 Å². The maximum Gasteiger partial charge on any atom is 0.255 e. The van der Waals surface area contributed by atoms with Gasteiger partial charge in [0.1, 0.15) is 0 Å². The Balaban J connectivity index is 2.03. The van der Waals surface area contributed by atoms with E-state index in [0.717, 1.165) is 5.69 Å². The van der Waals surface area contributed by atoms with Crippen molar-refractivity contribution in [3.63, 3.8) is 0 Å². The monoisotopic (exact) mass is 271 g/mol. The van der Waals surface area contributed by atoms with E-state index < -0.39 is 0 Å². The van der Waals surface area contributed by atoms with Gasteiger partial charge in [-0.3, -0.25) is 9.78 Å². The van der Waals surface area contributed by atoms with Crippen molar-refractivity contribution in [2.75, 3.05) is 13.7 Å². The zero-order chi connectivity index (χ0) is 14.4. The predicted octanol–water partition coefficient (Wildman–Crippen LogP) is 2.15. The zero-order valence-electron chi connectivity index (χ0n) is 11.6. The molecule has 5 nitrogen and oxygen atoms in total. The molecule has 0 aliphatic carbocycles. The Morgan fingerprint density at radius 3 is 2.70 bits per heavy atom. The van der Waals surface area contributed by atoms with Crippen LogP contribution in [-0.4, -0.2) is 34.4 Å². The van der Waals surface area contributed by atoms with Gasteiger partial charge in [-0.25, -0.2) is 4.98 Å². The summed E-state index contributed by atoms with van der Waals surface area (Å²) in [6.07, 6.45) is 3.24. The third-order valence-corrected chi connectivity index (χ3v) is 2.75. The quantitative estimate of drug-likeness (QED) is 0.836. The Kier molecular flexibility index (Phi) is 4.65. The first-order chi connectivity index (χ1) is 9.70. The second-order valence-electron chi connectivity index (χ2n) is 4.30. The van der Waals surface area contributed by atoms with Gasteiger partial charge in [-0.05, 0) is 25.1 Å². The van der Waals surface area contributed by atoms with Crippen LogP contribution in [0.4, 0.5) is 0 Å². The van der Waals surface area contributed by atoms with Gasteiger partial charge in [0.15, 0.2) is 0 Å². The molecule has 1 amide bonds. The van der Waals surface area contributed by atoms with Gasteiger partial charge in [0, 0.05) is 25.5 Å². The highest BCUT2D eigenvalue weighted by molar-refractivity contribution is 5.93. The van der Waals surface area contributed by atoms with Crippen LogP contribution in [0.5, 0.6) is 5.88 Å². The summed E-state index contributed by atoms with van der Waals surface area (Å²) >= 11 is 0. The van der Waals surface area contributed by atoms with Crippen molar-refractivity contribution in [2.45, 2.75) is 13.5 Å². The molecule has 0 aliphatic rings. The number of aromatic nitrogens is 2. The van der Waals surface area contributed by atoms with E-state index in [-0.39, 0.29) is 5.91 Å². The summed E-state index contributed by atoms with van der Waals surface area (Å²) < 4.78 is 5.25. The fraction of sp³-hybridized carbons (Fsp3) is 0.267. The Morgan fingerprint density at radius 1 is 1.25 bits per heavy atom. The number of rotatable bonds is 5. The van der Waals surface area contributed by atoms with Crippen molar-refractivity contribution in [3.8, 4) is 5.88 Å². The predicted molar refractivity (Wildman–Crippen MR) is 75.4 cm³/mol. The van der Waals surface area contributed by atoms with Crippen LogP contribution in [-0.2, 0) is 6.54 Å². The molecule has 0 saturated carbocycles. The lowest BCUT2D eigenvalue weighted by molar-refractivity contribution is 0.0783. The number of nitrogens with zero attached hydrogens (tertiary/aromatic N) is 3. The molecule has 0 atom stereocenters. The Morgan fingerprint density at radius 2 is 2.10 bits per heavy atom. The van der Waals surface area contributed by atoms with Crippen molar-refractivity contribution >= 4 is 5.91 Å². The summed E-state index contributed by atoms with van der Waals surface area (Å²) in [6.45, 7) is 2.91.